The monoisotopic (exact) mass is 582 g/mol. The molecule has 10 heteroatoms. The van der Waals surface area contributed by atoms with Gasteiger partial charge in [0.15, 0.2) is 5.78 Å². The van der Waals surface area contributed by atoms with Gasteiger partial charge in [0.05, 0.1) is 27.8 Å². The Labute approximate surface area is 245 Å². The molecule has 5 rings (SSSR count). The molecule has 0 aromatic heterocycles. The van der Waals surface area contributed by atoms with Crippen molar-refractivity contribution >= 4 is 40.6 Å². The molecule has 1 unspecified atom stereocenters. The van der Waals surface area contributed by atoms with E-state index in [1.165, 1.54) is 5.56 Å². The third-order valence-electron chi connectivity index (χ3n) is 8.32. The van der Waals surface area contributed by atoms with Gasteiger partial charge < -0.3 is 10.6 Å². The van der Waals surface area contributed by atoms with Gasteiger partial charge in [-0.3, -0.25) is 14.5 Å². The summed E-state index contributed by atoms with van der Waals surface area (Å²) in [5.41, 5.74) is 9.47. The number of hydrogen-bond acceptors (Lipinski definition) is 7. The van der Waals surface area contributed by atoms with E-state index < -0.39 is 6.04 Å². The Balaban J connectivity index is 1.33. The molecule has 2 fully saturated rings. The number of carbonyl (C=O) groups is 2. The van der Waals surface area contributed by atoms with E-state index in [1.807, 2.05) is 17.0 Å². The fraction of sp³-hybridized carbons (Fsp3) is 0.500. The summed E-state index contributed by atoms with van der Waals surface area (Å²) in [4.78, 5) is 32.0. The Morgan fingerprint density at radius 2 is 1.88 bits per heavy atom. The molecule has 0 saturated carbocycles. The zero-order valence-corrected chi connectivity index (χ0v) is 24.1. The number of nitrogens with zero attached hydrogens (tertiary/aromatic N) is 5. The smallest absolute Gasteiger partial charge is 0.240 e. The van der Waals surface area contributed by atoms with Crippen molar-refractivity contribution in [2.45, 2.75) is 75.5 Å². The van der Waals surface area contributed by atoms with Crippen LogP contribution in [0.1, 0.15) is 49.7 Å². The van der Waals surface area contributed by atoms with Crippen molar-refractivity contribution in [1.82, 2.24) is 9.80 Å². The van der Waals surface area contributed by atoms with E-state index in [-0.39, 0.29) is 29.8 Å². The van der Waals surface area contributed by atoms with E-state index in [1.54, 1.807) is 12.1 Å². The Hall–Kier alpha value is -2.65. The highest BCUT2D eigenvalue weighted by molar-refractivity contribution is 6.42. The Morgan fingerprint density at radius 1 is 1.05 bits per heavy atom. The molecule has 8 nitrogen and oxygen atoms in total. The molecule has 2 N–H and O–H groups in total. The number of hydrogen-bond donors (Lipinski definition) is 1. The average molecular weight is 584 g/mol. The molecular weight excluding hydrogens is 547 g/mol. The van der Waals surface area contributed by atoms with E-state index in [2.05, 4.69) is 44.6 Å². The van der Waals surface area contributed by atoms with Crippen molar-refractivity contribution in [1.29, 1.82) is 0 Å². The Morgan fingerprint density at radius 3 is 2.62 bits per heavy atom. The van der Waals surface area contributed by atoms with Crippen molar-refractivity contribution in [2.75, 3.05) is 19.6 Å². The molecule has 0 aliphatic carbocycles. The van der Waals surface area contributed by atoms with E-state index in [4.69, 9.17) is 28.9 Å². The third kappa shape index (κ3) is 6.97. The van der Waals surface area contributed by atoms with Crippen LogP contribution in [-0.4, -0.2) is 71.0 Å². The second-order valence-corrected chi connectivity index (χ2v) is 11.8. The minimum Gasteiger partial charge on any atom is -0.331 e. The molecule has 2 saturated heterocycles. The molecule has 3 heterocycles. The molecule has 0 bridgehead atoms. The summed E-state index contributed by atoms with van der Waals surface area (Å²) in [6, 6.07) is 15.2. The van der Waals surface area contributed by atoms with Gasteiger partial charge in [0.1, 0.15) is 6.54 Å². The first-order chi connectivity index (χ1) is 19.4. The number of amides is 1. The molecule has 4 atom stereocenters. The standard InChI is InChI=1S/C30H36Cl2N6O2/c31-25-11-7-21(16-26(25)32)8-13-29(39)27(12-9-23-18-34-36-35-23)37-15-14-24(10-6-20-4-2-1-3-5-20)38-19-22(33)17-28(38)30(37)40/h1-5,7,11,16,22,24,27-28H,6,8-10,12-15,17-19,33H2/t22-,24?,27-,28+/m1/s1. The molecule has 2 aromatic carbocycles. The lowest BCUT2D eigenvalue weighted by Gasteiger charge is -2.32. The maximum Gasteiger partial charge on any atom is 0.240 e. The van der Waals surface area contributed by atoms with Crippen molar-refractivity contribution in [2.24, 2.45) is 21.2 Å². The van der Waals surface area contributed by atoms with Crippen LogP contribution in [0, 0.1) is 0 Å². The maximum atomic E-state index is 14.1. The van der Waals surface area contributed by atoms with Gasteiger partial charge in [-0.1, -0.05) is 59.6 Å². The minimum absolute atomic E-state index is 0.0192. The molecular formula is C30H36Cl2N6O2. The SMILES string of the molecule is N[C@@H]1C[C@H]2C(=O)N([C@H](CCC3=NN=NC3)C(=O)CCc3ccc(Cl)c(Cl)c3)CCC(CCc3ccccc3)N2C1. The first-order valence-electron chi connectivity index (χ1n) is 14.1. The van der Waals surface area contributed by atoms with Gasteiger partial charge in [-0.05, 0) is 73.4 Å². The summed E-state index contributed by atoms with van der Waals surface area (Å²) in [7, 11) is 0. The van der Waals surface area contributed by atoms with Crippen molar-refractivity contribution in [3.63, 3.8) is 0 Å². The van der Waals surface area contributed by atoms with Crippen LogP contribution in [0.4, 0.5) is 0 Å². The fourth-order valence-electron chi connectivity index (χ4n) is 6.19. The number of fused-ring (bicyclic) bond motifs is 1. The van der Waals surface area contributed by atoms with Crippen LogP contribution in [0.2, 0.25) is 10.0 Å². The van der Waals surface area contributed by atoms with Gasteiger partial charge in [-0.2, -0.15) is 5.11 Å². The zero-order chi connectivity index (χ0) is 28.1. The van der Waals surface area contributed by atoms with Gasteiger partial charge >= 0.3 is 0 Å². The third-order valence-corrected chi connectivity index (χ3v) is 9.06. The second-order valence-electron chi connectivity index (χ2n) is 11.0. The lowest BCUT2D eigenvalue weighted by molar-refractivity contribution is -0.142. The summed E-state index contributed by atoms with van der Waals surface area (Å²) in [5, 5.41) is 12.7. The molecule has 3 aliphatic heterocycles. The molecule has 1 amide bonds. The quantitative estimate of drug-likeness (QED) is 0.398. The number of aryl methyl sites for hydroxylation is 2. The van der Waals surface area contributed by atoms with E-state index in [9.17, 15) is 9.59 Å². The second kappa shape index (κ2) is 13.3. The molecule has 40 heavy (non-hydrogen) atoms. The zero-order valence-electron chi connectivity index (χ0n) is 22.6. The molecule has 3 aliphatic rings. The fourth-order valence-corrected chi connectivity index (χ4v) is 6.51. The highest BCUT2D eigenvalue weighted by Gasteiger charge is 2.45. The van der Waals surface area contributed by atoms with Gasteiger partial charge in [-0.15, -0.1) is 5.10 Å². The predicted molar refractivity (Wildman–Crippen MR) is 158 cm³/mol. The number of rotatable bonds is 11. The summed E-state index contributed by atoms with van der Waals surface area (Å²) in [6.45, 7) is 1.70. The van der Waals surface area contributed by atoms with Crippen LogP contribution < -0.4 is 5.73 Å². The van der Waals surface area contributed by atoms with Gasteiger partial charge in [0.2, 0.25) is 5.91 Å². The Bertz CT molecular complexity index is 1270. The van der Waals surface area contributed by atoms with Crippen molar-refractivity contribution < 1.29 is 9.59 Å². The van der Waals surface area contributed by atoms with Gasteiger partial charge in [0.25, 0.3) is 0 Å². The molecule has 212 valence electrons. The van der Waals surface area contributed by atoms with Crippen LogP contribution in [0.15, 0.2) is 64.0 Å². The van der Waals surface area contributed by atoms with Crippen molar-refractivity contribution in [3.8, 4) is 0 Å². The van der Waals surface area contributed by atoms with Crippen LogP contribution in [-0.2, 0) is 22.4 Å². The predicted octanol–water partition coefficient (Wildman–Crippen LogP) is 5.10. The Kier molecular flexibility index (Phi) is 9.63. The van der Waals surface area contributed by atoms with Crippen LogP contribution in [0.3, 0.4) is 0 Å². The first kappa shape index (κ1) is 28.9. The van der Waals surface area contributed by atoms with E-state index in [0.29, 0.717) is 61.8 Å². The molecule has 2 aromatic rings. The van der Waals surface area contributed by atoms with E-state index in [0.717, 1.165) is 30.5 Å². The minimum atomic E-state index is -0.537. The number of Topliss-reactive ketones (excluding diaryl/α,β-unsaturated/α-hetero) is 1. The lowest BCUT2D eigenvalue weighted by Crippen LogP contribution is -2.50. The van der Waals surface area contributed by atoms with Crippen molar-refractivity contribution in [3.05, 3.63) is 69.7 Å². The summed E-state index contributed by atoms with van der Waals surface area (Å²) >= 11 is 12.3. The molecule has 0 radical (unpaired) electrons. The van der Waals surface area contributed by atoms with Gasteiger partial charge in [-0.25, -0.2) is 0 Å². The summed E-state index contributed by atoms with van der Waals surface area (Å²) < 4.78 is 0. The van der Waals surface area contributed by atoms with E-state index >= 15 is 0 Å². The number of nitrogens with two attached hydrogens (primary N) is 1. The van der Waals surface area contributed by atoms with Crippen LogP contribution >= 0.6 is 23.2 Å². The number of ketones is 1. The maximum absolute atomic E-state index is 14.1. The van der Waals surface area contributed by atoms with Gasteiger partial charge in [0, 0.05) is 31.6 Å². The number of halogens is 2. The average Bonchev–Trinajstić information content (AvgIpc) is 3.60. The first-order valence-corrected chi connectivity index (χ1v) is 14.9. The highest BCUT2D eigenvalue weighted by Crippen LogP contribution is 2.31. The number of benzene rings is 2. The highest BCUT2D eigenvalue weighted by atomic mass is 35.5. The van der Waals surface area contributed by atoms with Crippen LogP contribution in [0.5, 0.6) is 0 Å². The molecule has 0 spiro atoms. The topological polar surface area (TPSA) is 104 Å². The number of carbonyl (C=O) groups excluding carboxylic acids is 2. The largest absolute Gasteiger partial charge is 0.331 e. The lowest BCUT2D eigenvalue weighted by atomic mass is 9.96. The normalized spacial score (nSPS) is 23.7. The summed E-state index contributed by atoms with van der Waals surface area (Å²) in [5.74, 6) is 0.0641. The van der Waals surface area contributed by atoms with Crippen LogP contribution in [0.25, 0.3) is 0 Å². The summed E-state index contributed by atoms with van der Waals surface area (Å²) in [6.07, 6.45) is 5.23.